The van der Waals surface area contributed by atoms with Crippen molar-refractivity contribution >= 4 is 23.4 Å². The highest BCUT2D eigenvalue weighted by Gasteiger charge is 2.30. The van der Waals surface area contributed by atoms with Crippen molar-refractivity contribution < 1.29 is 14.3 Å². The number of carbonyl (C=O) groups excluding carboxylic acids is 2. The number of anilines is 1. The van der Waals surface area contributed by atoms with E-state index in [9.17, 15) is 9.59 Å². The molecule has 0 bridgehead atoms. The van der Waals surface area contributed by atoms with Crippen molar-refractivity contribution in [3.05, 3.63) is 29.8 Å². The quantitative estimate of drug-likeness (QED) is 0.900. The fourth-order valence-corrected chi connectivity index (χ4v) is 2.82. The van der Waals surface area contributed by atoms with Gasteiger partial charge in [0.25, 0.3) is 0 Å². The van der Waals surface area contributed by atoms with Gasteiger partial charge in [-0.15, -0.1) is 0 Å². The maximum Gasteiger partial charge on any atom is 0.411 e. The average Bonchev–Trinajstić information content (AvgIpc) is 2.52. The Kier molecular flexibility index (Phi) is 4.32. The van der Waals surface area contributed by atoms with Crippen LogP contribution in [0, 0.1) is 11.8 Å². The van der Waals surface area contributed by atoms with Crippen molar-refractivity contribution in [1.29, 1.82) is 0 Å². The summed E-state index contributed by atoms with van der Waals surface area (Å²) >= 11 is 0. The lowest BCUT2D eigenvalue weighted by Gasteiger charge is -2.32. The zero-order valence-electron chi connectivity index (χ0n) is 13.3. The maximum atomic E-state index is 11.8. The van der Waals surface area contributed by atoms with Gasteiger partial charge in [-0.3, -0.25) is 10.1 Å². The lowest BCUT2D eigenvalue weighted by Crippen LogP contribution is -2.35. The minimum atomic E-state index is -0.412. The molecule has 2 N–H and O–H groups in total. The molecule has 1 fully saturated rings. The molecule has 122 valence electrons. The number of hydrogen-bond donors (Lipinski definition) is 2. The first-order valence-corrected chi connectivity index (χ1v) is 7.97. The third kappa shape index (κ3) is 3.52. The third-order valence-electron chi connectivity index (χ3n) is 4.49. The molecule has 6 heteroatoms. The van der Waals surface area contributed by atoms with Crippen molar-refractivity contribution in [3.8, 4) is 0 Å². The van der Waals surface area contributed by atoms with Crippen LogP contribution in [0.3, 0.4) is 0 Å². The van der Waals surface area contributed by atoms with Crippen molar-refractivity contribution in [2.24, 2.45) is 16.9 Å². The summed E-state index contributed by atoms with van der Waals surface area (Å²) in [5.41, 5.74) is 4.97. The molecule has 1 aliphatic heterocycles. The maximum absolute atomic E-state index is 11.8. The number of rotatable bonds is 3. The van der Waals surface area contributed by atoms with E-state index in [0.717, 1.165) is 24.1 Å². The van der Waals surface area contributed by atoms with Gasteiger partial charge in [0.15, 0.2) is 0 Å². The molecule has 1 heterocycles. The summed E-state index contributed by atoms with van der Waals surface area (Å²) < 4.78 is 5.36. The molecule has 1 aliphatic carbocycles. The molecule has 3 atom stereocenters. The molecule has 1 aromatic carbocycles. The molecule has 1 aromatic rings. The highest BCUT2D eigenvalue weighted by Crippen LogP contribution is 2.29. The van der Waals surface area contributed by atoms with Crippen molar-refractivity contribution in [1.82, 2.24) is 5.43 Å². The molecule has 0 saturated heterocycles. The molecule has 3 rings (SSSR count). The van der Waals surface area contributed by atoms with Crippen LogP contribution in [0.4, 0.5) is 10.5 Å². The van der Waals surface area contributed by atoms with E-state index in [1.165, 1.54) is 0 Å². The van der Waals surface area contributed by atoms with Crippen LogP contribution in [0.1, 0.15) is 38.7 Å². The monoisotopic (exact) mass is 315 g/mol. The van der Waals surface area contributed by atoms with Crippen LogP contribution in [0.5, 0.6) is 0 Å². The van der Waals surface area contributed by atoms with Crippen molar-refractivity contribution in [2.75, 3.05) is 5.32 Å². The molecule has 3 unspecified atom stereocenters. The van der Waals surface area contributed by atoms with E-state index in [0.29, 0.717) is 18.0 Å². The number of nitrogens with zero attached hydrogens (tertiary/aromatic N) is 1. The van der Waals surface area contributed by atoms with E-state index in [2.05, 4.69) is 22.8 Å². The molecule has 23 heavy (non-hydrogen) atoms. The molecule has 0 spiro atoms. The average molecular weight is 315 g/mol. The van der Waals surface area contributed by atoms with Crippen LogP contribution >= 0.6 is 0 Å². The largest absolute Gasteiger partial charge is 0.446 e. The molecular weight excluding hydrogens is 294 g/mol. The van der Waals surface area contributed by atoms with E-state index in [-0.39, 0.29) is 17.9 Å². The van der Waals surface area contributed by atoms with Gasteiger partial charge < -0.3 is 4.74 Å². The highest BCUT2D eigenvalue weighted by molar-refractivity contribution is 6.06. The molecule has 0 aromatic heterocycles. The highest BCUT2D eigenvalue weighted by atomic mass is 16.6. The van der Waals surface area contributed by atoms with E-state index in [1.807, 2.05) is 31.2 Å². The topological polar surface area (TPSA) is 79.8 Å². The minimum absolute atomic E-state index is 0.0373. The number of amides is 2. The van der Waals surface area contributed by atoms with Gasteiger partial charge in [0.05, 0.1) is 5.71 Å². The first-order valence-electron chi connectivity index (χ1n) is 7.97. The molecule has 0 radical (unpaired) electrons. The van der Waals surface area contributed by atoms with Crippen LogP contribution in [-0.4, -0.2) is 23.8 Å². The Labute approximate surface area is 135 Å². The van der Waals surface area contributed by atoms with Gasteiger partial charge in [0.1, 0.15) is 6.10 Å². The van der Waals surface area contributed by atoms with Gasteiger partial charge in [0.2, 0.25) is 5.91 Å². The summed E-state index contributed by atoms with van der Waals surface area (Å²) in [6, 6.07) is 7.39. The number of carbonyl (C=O) groups is 2. The predicted octanol–water partition coefficient (Wildman–Crippen LogP) is 2.89. The third-order valence-corrected chi connectivity index (χ3v) is 4.49. The number of ether oxygens (including phenoxy) is 1. The number of benzene rings is 1. The lowest BCUT2D eigenvalue weighted by molar-refractivity contribution is -0.121. The summed E-state index contributed by atoms with van der Waals surface area (Å²) in [6.07, 6.45) is 2.12. The van der Waals surface area contributed by atoms with E-state index >= 15 is 0 Å². The number of nitrogens with one attached hydrogen (secondary N) is 2. The second-order valence-corrected chi connectivity index (χ2v) is 6.34. The molecule has 2 amide bonds. The second-order valence-electron chi connectivity index (χ2n) is 6.34. The fraction of sp³-hybridized carbons (Fsp3) is 0.471. The zero-order chi connectivity index (χ0) is 16.4. The summed E-state index contributed by atoms with van der Waals surface area (Å²) in [7, 11) is 0. The van der Waals surface area contributed by atoms with Gasteiger partial charge >= 0.3 is 6.09 Å². The SMILES string of the molecule is CC1CC(=O)NN=C1c1ccc(NC(=O)OC2CCC2C)cc1. The first-order chi connectivity index (χ1) is 11.0. The Bertz CT molecular complexity index is 639. The summed E-state index contributed by atoms with van der Waals surface area (Å²) in [5.74, 6) is 0.462. The van der Waals surface area contributed by atoms with E-state index in [4.69, 9.17) is 4.74 Å². The minimum Gasteiger partial charge on any atom is -0.446 e. The smallest absolute Gasteiger partial charge is 0.411 e. The fourth-order valence-electron chi connectivity index (χ4n) is 2.82. The molecular formula is C17H21N3O3. The Morgan fingerprint density at radius 3 is 2.57 bits per heavy atom. The van der Waals surface area contributed by atoms with Gasteiger partial charge in [-0.1, -0.05) is 26.0 Å². The standard InChI is InChI=1S/C17H21N3O3/c1-10-3-8-14(10)23-17(22)18-13-6-4-12(5-7-13)16-11(2)9-15(21)19-20-16/h4-7,10-11,14H,3,8-9H2,1-2H3,(H,18,22)(H,19,21). The summed E-state index contributed by atoms with van der Waals surface area (Å²) in [4.78, 5) is 23.1. The Morgan fingerprint density at radius 2 is 2.00 bits per heavy atom. The normalized spacial score (nSPS) is 26.6. The summed E-state index contributed by atoms with van der Waals surface area (Å²) in [5, 5.41) is 6.86. The number of hydrazone groups is 1. The number of hydrogen-bond acceptors (Lipinski definition) is 4. The molecule has 6 nitrogen and oxygen atoms in total. The van der Waals surface area contributed by atoms with E-state index in [1.54, 1.807) is 0 Å². The Balaban J connectivity index is 1.61. The first kappa shape index (κ1) is 15.5. The van der Waals surface area contributed by atoms with Crippen LogP contribution < -0.4 is 10.7 Å². The Morgan fingerprint density at radius 1 is 1.26 bits per heavy atom. The van der Waals surface area contributed by atoms with Crippen molar-refractivity contribution in [2.45, 2.75) is 39.2 Å². The summed E-state index contributed by atoms with van der Waals surface area (Å²) in [6.45, 7) is 4.06. The van der Waals surface area contributed by atoms with Gasteiger partial charge in [-0.25, -0.2) is 10.2 Å². The van der Waals surface area contributed by atoms with Gasteiger partial charge in [-0.05, 0) is 36.5 Å². The van der Waals surface area contributed by atoms with Gasteiger partial charge in [-0.2, -0.15) is 5.10 Å². The molecule has 2 aliphatic rings. The lowest BCUT2D eigenvalue weighted by atomic mass is 9.84. The second kappa shape index (κ2) is 6.40. The van der Waals surface area contributed by atoms with E-state index < -0.39 is 6.09 Å². The molecule has 1 saturated carbocycles. The Hall–Kier alpha value is -2.37. The van der Waals surface area contributed by atoms with Crippen LogP contribution in [0.25, 0.3) is 0 Å². The van der Waals surface area contributed by atoms with Crippen LogP contribution in [-0.2, 0) is 9.53 Å². The predicted molar refractivity (Wildman–Crippen MR) is 87.2 cm³/mol. The zero-order valence-corrected chi connectivity index (χ0v) is 13.3. The van der Waals surface area contributed by atoms with Crippen LogP contribution in [0.2, 0.25) is 0 Å². The van der Waals surface area contributed by atoms with Crippen molar-refractivity contribution in [3.63, 3.8) is 0 Å². The van der Waals surface area contributed by atoms with Crippen LogP contribution in [0.15, 0.2) is 29.4 Å². The van der Waals surface area contributed by atoms with Gasteiger partial charge in [0, 0.05) is 18.0 Å².